The molecule has 2 rings (SSSR count). The van der Waals surface area contributed by atoms with Crippen molar-refractivity contribution in [1.29, 1.82) is 0 Å². The van der Waals surface area contributed by atoms with Crippen molar-refractivity contribution in [3.8, 4) is 0 Å². The second-order valence-electron chi connectivity index (χ2n) is 3.88. The Morgan fingerprint density at radius 2 is 2.12 bits per heavy atom. The normalized spacial score (nSPS) is 16.1. The van der Waals surface area contributed by atoms with E-state index in [4.69, 9.17) is 5.73 Å². The molecule has 0 radical (unpaired) electrons. The van der Waals surface area contributed by atoms with E-state index in [-0.39, 0.29) is 5.91 Å². The van der Waals surface area contributed by atoms with Crippen molar-refractivity contribution in [2.24, 2.45) is 0 Å². The molecule has 86 valence electrons. The van der Waals surface area contributed by atoms with Gasteiger partial charge in [-0.2, -0.15) is 0 Å². The third-order valence-electron chi connectivity index (χ3n) is 2.61. The van der Waals surface area contributed by atoms with Gasteiger partial charge in [-0.1, -0.05) is 0 Å². The second kappa shape index (κ2) is 3.96. The fraction of sp³-hybridized carbons (Fsp3) is 0.500. The number of rotatable bonds is 1. The second-order valence-corrected chi connectivity index (χ2v) is 3.88. The Morgan fingerprint density at radius 1 is 1.38 bits per heavy atom. The molecule has 1 aliphatic heterocycles. The largest absolute Gasteiger partial charge is 0.383 e. The Morgan fingerprint density at radius 3 is 2.81 bits per heavy atom. The van der Waals surface area contributed by atoms with Crippen molar-refractivity contribution in [3.05, 3.63) is 11.4 Å². The minimum absolute atomic E-state index is 0.0143. The maximum Gasteiger partial charge on any atom is 0.239 e. The zero-order chi connectivity index (χ0) is 11.7. The molecular weight excluding hydrogens is 206 g/mol. The van der Waals surface area contributed by atoms with Crippen molar-refractivity contribution in [2.75, 3.05) is 30.3 Å². The number of aromatic nitrogens is 2. The Balaban J connectivity index is 2.35. The Hall–Kier alpha value is -1.85. The monoisotopic (exact) mass is 221 g/mol. The van der Waals surface area contributed by atoms with E-state index in [2.05, 4.69) is 15.3 Å². The van der Waals surface area contributed by atoms with Gasteiger partial charge in [0.1, 0.15) is 17.5 Å². The predicted molar refractivity (Wildman–Crippen MR) is 61.1 cm³/mol. The van der Waals surface area contributed by atoms with E-state index in [1.165, 1.54) is 0 Å². The van der Waals surface area contributed by atoms with Crippen LogP contribution >= 0.6 is 0 Å². The number of amides is 1. The fourth-order valence-electron chi connectivity index (χ4n) is 1.76. The molecule has 1 aromatic rings. The van der Waals surface area contributed by atoms with E-state index in [0.29, 0.717) is 24.7 Å². The molecule has 0 aliphatic carbocycles. The molecule has 1 fully saturated rings. The lowest BCUT2D eigenvalue weighted by Gasteiger charge is -2.29. The van der Waals surface area contributed by atoms with Gasteiger partial charge in [0.15, 0.2) is 0 Å². The van der Waals surface area contributed by atoms with Gasteiger partial charge in [0.25, 0.3) is 0 Å². The molecule has 1 aromatic heterocycles. The van der Waals surface area contributed by atoms with Gasteiger partial charge in [0, 0.05) is 18.7 Å². The average Bonchev–Trinajstić information content (AvgIpc) is 2.23. The molecular formula is C10H15N5O. The lowest BCUT2D eigenvalue weighted by atomic mass is 10.2. The maximum absolute atomic E-state index is 11.3. The number of nitrogens with zero attached hydrogens (tertiary/aromatic N) is 3. The van der Waals surface area contributed by atoms with E-state index in [0.717, 1.165) is 17.9 Å². The molecule has 1 saturated heterocycles. The van der Waals surface area contributed by atoms with E-state index in [9.17, 15) is 4.79 Å². The highest BCUT2D eigenvalue weighted by atomic mass is 16.2. The Labute approximate surface area is 93.9 Å². The number of hydrogen-bond donors (Lipinski definition) is 2. The maximum atomic E-state index is 11.3. The molecule has 16 heavy (non-hydrogen) atoms. The third-order valence-corrected chi connectivity index (χ3v) is 2.61. The minimum Gasteiger partial charge on any atom is -0.383 e. The summed E-state index contributed by atoms with van der Waals surface area (Å²) in [5.41, 5.74) is 6.62. The molecule has 0 spiro atoms. The predicted octanol–water partition coefficient (Wildman–Crippen LogP) is -0.388. The molecule has 6 nitrogen and oxygen atoms in total. The van der Waals surface area contributed by atoms with Crippen LogP contribution in [0.25, 0.3) is 0 Å². The summed E-state index contributed by atoms with van der Waals surface area (Å²) in [6.45, 7) is 5.39. The van der Waals surface area contributed by atoms with Crippen LogP contribution in [-0.4, -0.2) is 35.5 Å². The van der Waals surface area contributed by atoms with E-state index in [1.807, 2.05) is 11.8 Å². The van der Waals surface area contributed by atoms with Crippen molar-refractivity contribution >= 4 is 17.5 Å². The average molecular weight is 221 g/mol. The summed E-state index contributed by atoms with van der Waals surface area (Å²) in [4.78, 5) is 21.7. The van der Waals surface area contributed by atoms with Crippen LogP contribution in [-0.2, 0) is 4.79 Å². The van der Waals surface area contributed by atoms with Crippen molar-refractivity contribution in [2.45, 2.75) is 13.8 Å². The number of carbonyl (C=O) groups excluding carboxylic acids is 1. The van der Waals surface area contributed by atoms with Crippen molar-refractivity contribution in [1.82, 2.24) is 15.3 Å². The quantitative estimate of drug-likeness (QED) is 0.675. The summed E-state index contributed by atoms with van der Waals surface area (Å²) in [5.74, 6) is 1.89. The van der Waals surface area contributed by atoms with Gasteiger partial charge in [-0.25, -0.2) is 9.97 Å². The Kier molecular flexibility index (Phi) is 2.64. The highest BCUT2D eigenvalue weighted by molar-refractivity contribution is 5.82. The number of nitrogens with two attached hydrogens (primary N) is 1. The molecule has 0 saturated carbocycles. The number of aryl methyl sites for hydroxylation is 1. The summed E-state index contributed by atoms with van der Waals surface area (Å²) >= 11 is 0. The van der Waals surface area contributed by atoms with E-state index >= 15 is 0 Å². The lowest BCUT2D eigenvalue weighted by molar-refractivity contribution is -0.120. The number of nitrogen functional groups attached to an aromatic ring is 1. The molecule has 0 unspecified atom stereocenters. The van der Waals surface area contributed by atoms with E-state index in [1.54, 1.807) is 6.92 Å². The summed E-state index contributed by atoms with van der Waals surface area (Å²) in [6, 6.07) is 0. The van der Waals surface area contributed by atoms with Crippen molar-refractivity contribution < 1.29 is 4.79 Å². The van der Waals surface area contributed by atoms with Crippen LogP contribution in [0.3, 0.4) is 0 Å². The summed E-state index contributed by atoms with van der Waals surface area (Å²) < 4.78 is 0. The van der Waals surface area contributed by atoms with Gasteiger partial charge in [-0.15, -0.1) is 0 Å². The van der Waals surface area contributed by atoms with Gasteiger partial charge >= 0.3 is 0 Å². The number of anilines is 2. The minimum atomic E-state index is 0.0143. The van der Waals surface area contributed by atoms with Crippen LogP contribution in [0, 0.1) is 13.8 Å². The molecule has 3 N–H and O–H groups in total. The number of carbonyl (C=O) groups is 1. The number of hydrogen-bond acceptors (Lipinski definition) is 5. The molecule has 1 aliphatic rings. The van der Waals surface area contributed by atoms with Crippen LogP contribution in [0.1, 0.15) is 11.4 Å². The van der Waals surface area contributed by atoms with Crippen LogP contribution in [0.5, 0.6) is 0 Å². The Bertz CT molecular complexity index is 431. The topological polar surface area (TPSA) is 84.1 Å². The fourth-order valence-corrected chi connectivity index (χ4v) is 1.76. The summed E-state index contributed by atoms with van der Waals surface area (Å²) in [7, 11) is 0. The van der Waals surface area contributed by atoms with Crippen LogP contribution < -0.4 is 16.0 Å². The molecule has 6 heteroatoms. The van der Waals surface area contributed by atoms with Gasteiger partial charge in [-0.3, -0.25) is 4.79 Å². The SMILES string of the molecule is Cc1nc(N)c(C)c(N2CCNC(=O)C2)n1. The number of piperazine rings is 1. The molecule has 1 amide bonds. The van der Waals surface area contributed by atoms with Gasteiger partial charge in [0.2, 0.25) is 5.91 Å². The number of nitrogens with one attached hydrogen (secondary N) is 1. The first kappa shape index (κ1) is 10.7. The van der Waals surface area contributed by atoms with Gasteiger partial charge in [-0.05, 0) is 13.8 Å². The van der Waals surface area contributed by atoms with Crippen molar-refractivity contribution in [3.63, 3.8) is 0 Å². The summed E-state index contributed by atoms with van der Waals surface area (Å²) in [5, 5.41) is 2.78. The third kappa shape index (κ3) is 1.91. The first-order valence-corrected chi connectivity index (χ1v) is 5.20. The van der Waals surface area contributed by atoms with Gasteiger partial charge in [0.05, 0.1) is 6.54 Å². The molecule has 2 heterocycles. The van der Waals surface area contributed by atoms with Crippen LogP contribution in [0.4, 0.5) is 11.6 Å². The van der Waals surface area contributed by atoms with E-state index < -0.39 is 0 Å². The smallest absolute Gasteiger partial charge is 0.239 e. The molecule has 0 atom stereocenters. The highest BCUT2D eigenvalue weighted by Gasteiger charge is 2.20. The standard InChI is InChI=1S/C10H15N5O/c1-6-9(11)13-7(2)14-10(6)15-4-3-12-8(16)5-15/h3-5H2,1-2H3,(H,12,16)(H2,11,13,14). The zero-order valence-electron chi connectivity index (χ0n) is 9.45. The highest BCUT2D eigenvalue weighted by Crippen LogP contribution is 2.21. The first-order valence-electron chi connectivity index (χ1n) is 5.20. The molecule has 0 aromatic carbocycles. The zero-order valence-corrected chi connectivity index (χ0v) is 9.45. The van der Waals surface area contributed by atoms with Gasteiger partial charge < -0.3 is 16.0 Å². The van der Waals surface area contributed by atoms with Crippen LogP contribution in [0.15, 0.2) is 0 Å². The lowest BCUT2D eigenvalue weighted by Crippen LogP contribution is -2.48. The van der Waals surface area contributed by atoms with Crippen LogP contribution in [0.2, 0.25) is 0 Å². The first-order chi connectivity index (χ1) is 7.58. The summed E-state index contributed by atoms with van der Waals surface area (Å²) in [6.07, 6.45) is 0. The molecule has 0 bridgehead atoms.